The molecule has 6 nitrogen and oxygen atoms in total. The molecule has 0 bridgehead atoms. The van der Waals surface area contributed by atoms with Gasteiger partial charge in [-0.3, -0.25) is 0 Å². The Bertz CT molecular complexity index is 2120. The zero-order valence-corrected chi connectivity index (χ0v) is 27.2. The number of benzene rings is 5. The van der Waals surface area contributed by atoms with E-state index in [2.05, 4.69) is 31.9 Å². The molecule has 0 N–H and O–H groups in total. The SMILES string of the molecule is O=C(Oc1cccc(Br)c1)c1cc(-c2ccccc2)nc2cc3nc(-c4ccccc4)cc(C(=O)Oc4cccc(Br)c4)c3cc12. The second-order valence-corrected chi connectivity index (χ2v) is 12.3. The Morgan fingerprint density at radius 2 is 0.913 bits per heavy atom. The van der Waals surface area contributed by atoms with Crippen molar-refractivity contribution in [2.45, 2.75) is 0 Å². The van der Waals surface area contributed by atoms with Gasteiger partial charge in [-0.05, 0) is 60.7 Å². The number of hydrogen-bond acceptors (Lipinski definition) is 6. The normalized spacial score (nSPS) is 11.0. The van der Waals surface area contributed by atoms with Gasteiger partial charge in [0.2, 0.25) is 0 Å². The van der Waals surface area contributed by atoms with E-state index in [-0.39, 0.29) is 0 Å². The molecule has 0 aliphatic carbocycles. The zero-order chi connectivity index (χ0) is 31.6. The molecule has 2 aromatic heterocycles. The van der Waals surface area contributed by atoms with E-state index >= 15 is 0 Å². The number of pyridine rings is 2. The maximum atomic E-state index is 13.8. The van der Waals surface area contributed by atoms with Gasteiger partial charge in [0.15, 0.2) is 0 Å². The van der Waals surface area contributed by atoms with Gasteiger partial charge in [-0.25, -0.2) is 19.6 Å². The number of rotatable bonds is 6. The number of nitrogens with zero attached hydrogens (tertiary/aromatic N) is 2. The monoisotopic (exact) mass is 728 g/mol. The molecule has 0 atom stereocenters. The van der Waals surface area contributed by atoms with E-state index in [9.17, 15) is 9.59 Å². The van der Waals surface area contributed by atoms with Crippen molar-refractivity contribution in [1.82, 2.24) is 9.97 Å². The van der Waals surface area contributed by atoms with E-state index in [4.69, 9.17) is 19.4 Å². The van der Waals surface area contributed by atoms with E-state index in [0.29, 0.717) is 55.8 Å². The summed E-state index contributed by atoms with van der Waals surface area (Å²) in [5.74, 6) is -0.346. The third-order valence-electron chi connectivity index (χ3n) is 7.33. The smallest absolute Gasteiger partial charge is 0.344 e. The van der Waals surface area contributed by atoms with Crippen molar-refractivity contribution in [1.29, 1.82) is 0 Å². The molecule has 5 aromatic carbocycles. The molecule has 8 heteroatoms. The van der Waals surface area contributed by atoms with E-state index < -0.39 is 11.9 Å². The highest BCUT2D eigenvalue weighted by atomic mass is 79.9. The summed E-state index contributed by atoms with van der Waals surface area (Å²) in [7, 11) is 0. The maximum Gasteiger partial charge on any atom is 0.344 e. The van der Waals surface area contributed by atoms with Crippen LogP contribution in [0.3, 0.4) is 0 Å². The standard InChI is InChI=1S/C38H22Br2N2O4/c39-25-13-7-15-27(17-25)45-37(43)31-20-33(23-9-3-1-4-10-23)41-35-22-36-30(19-29(31)35)32(21-34(42-36)24-11-5-2-6-12-24)38(44)46-28-16-8-14-26(40)18-28/h1-22H. The summed E-state index contributed by atoms with van der Waals surface area (Å²) in [6.07, 6.45) is 0. The number of ether oxygens (including phenoxy) is 2. The van der Waals surface area contributed by atoms with Crippen LogP contribution in [0.15, 0.2) is 142 Å². The average molecular weight is 730 g/mol. The van der Waals surface area contributed by atoms with Crippen molar-refractivity contribution in [2.75, 3.05) is 0 Å². The fourth-order valence-electron chi connectivity index (χ4n) is 5.18. The first kappa shape index (κ1) is 29.5. The number of halogens is 2. The van der Waals surface area contributed by atoms with E-state index in [1.807, 2.05) is 72.8 Å². The average Bonchev–Trinajstić information content (AvgIpc) is 3.07. The minimum Gasteiger partial charge on any atom is -0.423 e. The highest BCUT2D eigenvalue weighted by Gasteiger charge is 2.22. The number of carbonyl (C=O) groups excluding carboxylic acids is 2. The van der Waals surface area contributed by atoms with Gasteiger partial charge in [-0.15, -0.1) is 0 Å². The highest BCUT2D eigenvalue weighted by Crippen LogP contribution is 2.33. The number of carbonyl (C=O) groups is 2. The second kappa shape index (κ2) is 12.7. The zero-order valence-electron chi connectivity index (χ0n) is 24.0. The molecular formula is C38H22Br2N2O4. The van der Waals surface area contributed by atoms with Crippen molar-refractivity contribution in [2.24, 2.45) is 0 Å². The predicted octanol–water partition coefficient (Wildman–Crippen LogP) is 10.1. The Morgan fingerprint density at radius 3 is 1.33 bits per heavy atom. The first-order valence-corrected chi connectivity index (χ1v) is 15.9. The largest absolute Gasteiger partial charge is 0.423 e. The summed E-state index contributed by atoms with van der Waals surface area (Å²) in [5, 5.41) is 1.02. The lowest BCUT2D eigenvalue weighted by molar-refractivity contribution is 0.0727. The Morgan fingerprint density at radius 1 is 0.478 bits per heavy atom. The van der Waals surface area contributed by atoms with Crippen LogP contribution in [-0.2, 0) is 0 Å². The minimum absolute atomic E-state index is 0.296. The fraction of sp³-hybridized carbons (Fsp3) is 0. The van der Waals surface area contributed by atoms with Crippen molar-refractivity contribution in [3.8, 4) is 34.0 Å². The summed E-state index contributed by atoms with van der Waals surface area (Å²) in [4.78, 5) is 37.5. The van der Waals surface area contributed by atoms with E-state index in [1.54, 1.807) is 60.7 Å². The van der Waals surface area contributed by atoms with Gasteiger partial charge >= 0.3 is 11.9 Å². The molecule has 222 valence electrons. The molecular weight excluding hydrogens is 708 g/mol. The summed E-state index contributed by atoms with van der Waals surface area (Å²) < 4.78 is 13.2. The third-order valence-corrected chi connectivity index (χ3v) is 8.32. The quantitative estimate of drug-likeness (QED) is 0.0963. The Kier molecular flexibility index (Phi) is 8.13. The summed E-state index contributed by atoms with van der Waals surface area (Å²) in [6, 6.07) is 40.4. The molecule has 0 fully saturated rings. The predicted molar refractivity (Wildman–Crippen MR) is 186 cm³/mol. The summed E-state index contributed by atoms with van der Waals surface area (Å²) >= 11 is 6.87. The number of fused-ring (bicyclic) bond motifs is 2. The maximum absolute atomic E-state index is 13.8. The first-order valence-electron chi connectivity index (χ1n) is 14.3. The lowest BCUT2D eigenvalue weighted by atomic mass is 9.99. The fourth-order valence-corrected chi connectivity index (χ4v) is 5.94. The highest BCUT2D eigenvalue weighted by molar-refractivity contribution is 9.10. The number of esters is 2. The van der Waals surface area contributed by atoms with Crippen LogP contribution < -0.4 is 9.47 Å². The van der Waals surface area contributed by atoms with Crippen LogP contribution in [0.1, 0.15) is 20.7 Å². The Balaban J connectivity index is 1.45. The molecule has 0 saturated heterocycles. The molecule has 0 aliphatic rings. The van der Waals surface area contributed by atoms with Gasteiger partial charge in [-0.1, -0.05) is 105 Å². The van der Waals surface area contributed by atoms with E-state index in [0.717, 1.165) is 20.1 Å². The number of hydrogen-bond donors (Lipinski definition) is 0. The van der Waals surface area contributed by atoms with Crippen LogP contribution in [-0.4, -0.2) is 21.9 Å². The molecule has 7 rings (SSSR count). The molecule has 7 aromatic rings. The lowest BCUT2D eigenvalue weighted by Crippen LogP contribution is -2.12. The van der Waals surface area contributed by atoms with Gasteiger partial charge in [0, 0.05) is 30.8 Å². The van der Waals surface area contributed by atoms with Crippen LogP contribution in [0.5, 0.6) is 11.5 Å². The number of aromatic nitrogens is 2. The first-order chi connectivity index (χ1) is 22.4. The minimum atomic E-state index is -0.561. The van der Waals surface area contributed by atoms with E-state index in [1.165, 1.54) is 0 Å². The van der Waals surface area contributed by atoms with Crippen molar-refractivity contribution in [3.63, 3.8) is 0 Å². The molecule has 0 aliphatic heterocycles. The second-order valence-electron chi connectivity index (χ2n) is 10.4. The van der Waals surface area contributed by atoms with Crippen LogP contribution >= 0.6 is 31.9 Å². The topological polar surface area (TPSA) is 78.4 Å². The molecule has 2 heterocycles. The lowest BCUT2D eigenvalue weighted by Gasteiger charge is -2.14. The van der Waals surface area contributed by atoms with Gasteiger partial charge in [0.05, 0.1) is 33.5 Å². The molecule has 0 radical (unpaired) electrons. The third kappa shape index (κ3) is 6.18. The molecule has 46 heavy (non-hydrogen) atoms. The van der Waals surface area contributed by atoms with Gasteiger partial charge < -0.3 is 9.47 Å². The van der Waals surface area contributed by atoms with Crippen LogP contribution in [0.25, 0.3) is 44.3 Å². The van der Waals surface area contributed by atoms with Gasteiger partial charge in [0.25, 0.3) is 0 Å². The Labute approximate surface area is 280 Å². The summed E-state index contributed by atoms with van der Waals surface area (Å²) in [5.41, 5.74) is 4.52. The van der Waals surface area contributed by atoms with Crippen molar-refractivity contribution in [3.05, 3.63) is 154 Å². The Hall–Kier alpha value is -5.18. The molecule has 0 unspecified atom stereocenters. The molecule has 0 saturated carbocycles. The van der Waals surface area contributed by atoms with Crippen molar-refractivity contribution >= 4 is 65.6 Å². The molecule has 0 amide bonds. The van der Waals surface area contributed by atoms with Crippen LogP contribution in [0.2, 0.25) is 0 Å². The van der Waals surface area contributed by atoms with Gasteiger partial charge in [-0.2, -0.15) is 0 Å². The summed E-state index contributed by atoms with van der Waals surface area (Å²) in [6.45, 7) is 0. The van der Waals surface area contributed by atoms with Crippen LogP contribution in [0, 0.1) is 0 Å². The van der Waals surface area contributed by atoms with Crippen LogP contribution in [0.4, 0.5) is 0 Å². The van der Waals surface area contributed by atoms with Gasteiger partial charge in [0.1, 0.15) is 11.5 Å². The molecule has 0 spiro atoms. The van der Waals surface area contributed by atoms with Crippen molar-refractivity contribution < 1.29 is 19.1 Å².